The summed E-state index contributed by atoms with van der Waals surface area (Å²) in [6, 6.07) is 1.93. The fraction of sp³-hybridized carbons (Fsp3) is 0.636. The van der Waals surface area contributed by atoms with Crippen LogP contribution in [0.3, 0.4) is 0 Å². The van der Waals surface area contributed by atoms with E-state index in [1.165, 1.54) is 0 Å². The fourth-order valence-electron chi connectivity index (χ4n) is 2.29. The summed E-state index contributed by atoms with van der Waals surface area (Å²) in [6.45, 7) is 2.00. The zero-order valence-corrected chi connectivity index (χ0v) is 9.78. The molecule has 2 aliphatic rings. The van der Waals surface area contributed by atoms with E-state index in [1.807, 2.05) is 13.0 Å². The molecule has 80 valence electrons. The molecule has 3 nitrogen and oxygen atoms in total. The summed E-state index contributed by atoms with van der Waals surface area (Å²) in [4.78, 5) is 0. The summed E-state index contributed by atoms with van der Waals surface area (Å²) in [6.07, 6.45) is 6.20. The van der Waals surface area contributed by atoms with Gasteiger partial charge < -0.3 is 4.57 Å². The normalized spacial score (nSPS) is 21.7. The van der Waals surface area contributed by atoms with E-state index in [9.17, 15) is 4.57 Å². The highest BCUT2D eigenvalue weighted by atomic mass is 31.2. The highest BCUT2D eigenvalue weighted by Crippen LogP contribution is 2.69. The average Bonchev–Trinajstić information content (AvgIpc) is 3.06. The Morgan fingerprint density at radius 1 is 1.27 bits per heavy atom. The lowest BCUT2D eigenvalue weighted by atomic mass is 10.4. The van der Waals surface area contributed by atoms with E-state index >= 15 is 0 Å². The van der Waals surface area contributed by atoms with Crippen LogP contribution in [0.4, 0.5) is 0 Å². The van der Waals surface area contributed by atoms with Crippen LogP contribution < -0.4 is 5.44 Å². The van der Waals surface area contributed by atoms with E-state index in [1.54, 1.807) is 6.20 Å². The van der Waals surface area contributed by atoms with Gasteiger partial charge in [0.25, 0.3) is 0 Å². The number of aryl methyl sites for hydroxylation is 1. The van der Waals surface area contributed by atoms with Gasteiger partial charge in [0.15, 0.2) is 0 Å². The summed E-state index contributed by atoms with van der Waals surface area (Å²) in [7, 11) is -2.20. The third kappa shape index (κ3) is 1.45. The average molecular weight is 222 g/mol. The molecule has 15 heavy (non-hydrogen) atoms. The Hall–Kier alpha value is -0.690. The molecule has 0 spiro atoms. The molecule has 2 aliphatic carbocycles. The number of hydrogen-bond donors (Lipinski definition) is 0. The molecule has 0 bridgehead atoms. The zero-order chi connectivity index (χ0) is 10.5. The van der Waals surface area contributed by atoms with Crippen LogP contribution in [0, 0.1) is 6.92 Å². The van der Waals surface area contributed by atoms with Crippen molar-refractivity contribution in [3.05, 3.63) is 17.8 Å². The highest BCUT2D eigenvalue weighted by molar-refractivity contribution is 7.73. The van der Waals surface area contributed by atoms with Gasteiger partial charge in [-0.15, -0.1) is 5.10 Å². The molecule has 0 amide bonds. The Morgan fingerprint density at radius 3 is 2.33 bits per heavy atom. The van der Waals surface area contributed by atoms with Gasteiger partial charge >= 0.3 is 0 Å². The van der Waals surface area contributed by atoms with Crippen LogP contribution in [-0.4, -0.2) is 21.5 Å². The minimum atomic E-state index is -2.20. The molecule has 0 aromatic carbocycles. The molecule has 0 aliphatic heterocycles. The van der Waals surface area contributed by atoms with E-state index in [4.69, 9.17) is 0 Å². The van der Waals surface area contributed by atoms with Crippen molar-refractivity contribution in [1.82, 2.24) is 10.2 Å². The van der Waals surface area contributed by atoms with Crippen LogP contribution in [0.15, 0.2) is 12.3 Å². The molecule has 1 heterocycles. The molecule has 0 radical (unpaired) electrons. The Balaban J connectivity index is 2.09. The second kappa shape index (κ2) is 3.15. The van der Waals surface area contributed by atoms with Crippen molar-refractivity contribution in [3.8, 4) is 0 Å². The number of hydrogen-bond acceptors (Lipinski definition) is 3. The van der Waals surface area contributed by atoms with E-state index in [0.717, 1.165) is 36.7 Å². The molecule has 2 saturated carbocycles. The summed E-state index contributed by atoms with van der Waals surface area (Å²) in [5.41, 5.74) is 2.75. The van der Waals surface area contributed by atoms with Gasteiger partial charge in [-0.05, 0) is 44.2 Å². The van der Waals surface area contributed by atoms with Crippen LogP contribution in [0.1, 0.15) is 31.2 Å². The van der Waals surface area contributed by atoms with Gasteiger partial charge in [-0.2, -0.15) is 5.10 Å². The smallest absolute Gasteiger partial charge is 0.141 e. The predicted octanol–water partition coefficient (Wildman–Crippen LogP) is 2.10. The quantitative estimate of drug-likeness (QED) is 0.735. The number of rotatable bonds is 3. The molecular weight excluding hydrogens is 207 g/mol. The first-order valence-electron chi connectivity index (χ1n) is 5.61. The van der Waals surface area contributed by atoms with Gasteiger partial charge in [0.05, 0.1) is 0 Å². The van der Waals surface area contributed by atoms with Gasteiger partial charge in [0.1, 0.15) is 12.6 Å². The molecular formula is C11H15N2OP. The first-order valence-corrected chi connectivity index (χ1v) is 7.45. The van der Waals surface area contributed by atoms with Crippen molar-refractivity contribution in [3.63, 3.8) is 0 Å². The van der Waals surface area contributed by atoms with E-state index in [2.05, 4.69) is 10.2 Å². The van der Waals surface area contributed by atoms with E-state index in [-0.39, 0.29) is 0 Å². The first kappa shape index (κ1) is 9.53. The summed E-state index contributed by atoms with van der Waals surface area (Å²) < 4.78 is 13.1. The Morgan fingerprint density at radius 2 is 1.87 bits per heavy atom. The van der Waals surface area contributed by atoms with Crippen molar-refractivity contribution >= 4 is 12.6 Å². The van der Waals surface area contributed by atoms with Crippen LogP contribution in [-0.2, 0) is 4.57 Å². The molecule has 3 rings (SSSR count). The second-order valence-corrected chi connectivity index (χ2v) is 8.01. The fourth-order valence-corrected chi connectivity index (χ4v) is 6.23. The lowest BCUT2D eigenvalue weighted by Crippen LogP contribution is -2.19. The molecule has 0 atom stereocenters. The maximum absolute atomic E-state index is 13.1. The molecule has 1 aromatic heterocycles. The minimum Gasteiger partial charge on any atom is -0.316 e. The van der Waals surface area contributed by atoms with Crippen molar-refractivity contribution in [2.75, 3.05) is 0 Å². The molecule has 1 aromatic rings. The van der Waals surface area contributed by atoms with Crippen LogP contribution in [0.5, 0.6) is 0 Å². The summed E-state index contributed by atoms with van der Waals surface area (Å²) >= 11 is 0. The van der Waals surface area contributed by atoms with Gasteiger partial charge in [-0.3, -0.25) is 0 Å². The molecule has 2 fully saturated rings. The third-order valence-corrected chi connectivity index (χ3v) is 7.71. The maximum atomic E-state index is 13.1. The van der Waals surface area contributed by atoms with Crippen molar-refractivity contribution in [1.29, 1.82) is 0 Å². The molecule has 4 heteroatoms. The second-order valence-electron chi connectivity index (χ2n) is 4.71. The third-order valence-electron chi connectivity index (χ3n) is 3.41. The monoisotopic (exact) mass is 222 g/mol. The standard InChI is InChI=1S/C11H15N2OP/c1-8-6-7-12-13-11(8)15(14,9-2-3-9)10-4-5-10/h6-7,9-10H,2-5H2,1H3. The number of aromatic nitrogens is 2. The van der Waals surface area contributed by atoms with Crippen LogP contribution >= 0.6 is 7.14 Å². The van der Waals surface area contributed by atoms with Gasteiger partial charge in [-0.25, -0.2) is 0 Å². The minimum absolute atomic E-state index is 0.431. The molecule has 0 unspecified atom stereocenters. The van der Waals surface area contributed by atoms with Crippen molar-refractivity contribution < 1.29 is 4.57 Å². The molecule has 0 N–H and O–H groups in total. The Bertz CT molecular complexity index is 422. The topological polar surface area (TPSA) is 42.9 Å². The van der Waals surface area contributed by atoms with Crippen molar-refractivity contribution in [2.24, 2.45) is 0 Å². The largest absolute Gasteiger partial charge is 0.316 e. The first-order chi connectivity index (χ1) is 7.23. The van der Waals surface area contributed by atoms with Crippen LogP contribution in [0.2, 0.25) is 0 Å². The van der Waals surface area contributed by atoms with E-state index in [0.29, 0.717) is 11.3 Å². The Kier molecular flexibility index (Phi) is 2.00. The van der Waals surface area contributed by atoms with Gasteiger partial charge in [-0.1, -0.05) is 0 Å². The highest BCUT2D eigenvalue weighted by Gasteiger charge is 2.53. The van der Waals surface area contributed by atoms with E-state index < -0.39 is 7.14 Å². The SMILES string of the molecule is Cc1ccnnc1P(=O)(C1CC1)C1CC1. The summed E-state index contributed by atoms with van der Waals surface area (Å²) in [5.74, 6) is 0. The lowest BCUT2D eigenvalue weighted by molar-refractivity contribution is 0.578. The summed E-state index contributed by atoms with van der Waals surface area (Å²) in [5, 5.41) is 8.07. The van der Waals surface area contributed by atoms with Crippen LogP contribution in [0.25, 0.3) is 0 Å². The predicted molar refractivity (Wildman–Crippen MR) is 60.1 cm³/mol. The Labute approximate surface area is 89.7 Å². The molecule has 0 saturated heterocycles. The number of nitrogens with zero attached hydrogens (tertiary/aromatic N) is 2. The lowest BCUT2D eigenvalue weighted by Gasteiger charge is -2.17. The maximum Gasteiger partial charge on any atom is 0.141 e. The zero-order valence-electron chi connectivity index (χ0n) is 8.89. The van der Waals surface area contributed by atoms with Crippen molar-refractivity contribution in [2.45, 2.75) is 43.9 Å². The van der Waals surface area contributed by atoms with Gasteiger partial charge in [0, 0.05) is 17.5 Å². The van der Waals surface area contributed by atoms with Gasteiger partial charge in [0.2, 0.25) is 0 Å².